The molecule has 4 aliphatic rings. The van der Waals surface area contributed by atoms with Crippen LogP contribution in [0.15, 0.2) is 36.8 Å². The van der Waals surface area contributed by atoms with Crippen LogP contribution in [0.1, 0.15) is 44.1 Å². The molecule has 4 fully saturated rings. The van der Waals surface area contributed by atoms with Gasteiger partial charge in [-0.15, -0.1) is 10.2 Å². The number of tetrazole rings is 1. The Bertz CT molecular complexity index is 973. The third-order valence-corrected chi connectivity index (χ3v) is 7.42. The van der Waals surface area contributed by atoms with Gasteiger partial charge in [-0.3, -0.25) is 0 Å². The van der Waals surface area contributed by atoms with Crippen LogP contribution in [0.3, 0.4) is 0 Å². The zero-order valence-corrected chi connectivity index (χ0v) is 15.8. The predicted molar refractivity (Wildman–Crippen MR) is 103 cm³/mol. The molecule has 1 N–H and O–H groups in total. The number of nitrogens with one attached hydrogen (secondary N) is 1. The molecule has 2 aromatic heterocycles. The first kappa shape index (κ1) is 15.8. The van der Waals surface area contributed by atoms with Gasteiger partial charge in [0.25, 0.3) is 0 Å². The summed E-state index contributed by atoms with van der Waals surface area (Å²) in [4.78, 5) is 1.94. The summed E-state index contributed by atoms with van der Waals surface area (Å²) in [7, 11) is 2.12. The number of hydrogen-bond donors (Lipinski definition) is 1. The van der Waals surface area contributed by atoms with Crippen molar-refractivity contribution in [2.75, 3.05) is 0 Å². The zero-order chi connectivity index (χ0) is 18.1. The van der Waals surface area contributed by atoms with Gasteiger partial charge < -0.3 is 9.88 Å². The fourth-order valence-corrected chi connectivity index (χ4v) is 6.75. The lowest BCUT2D eigenvalue weighted by Gasteiger charge is -2.61. The quantitative estimate of drug-likeness (QED) is 0.775. The average molecular weight is 362 g/mol. The van der Waals surface area contributed by atoms with Crippen LogP contribution in [0.5, 0.6) is 0 Å². The Labute approximate surface area is 158 Å². The third-order valence-electron chi connectivity index (χ3n) is 7.42. The van der Waals surface area contributed by atoms with Crippen LogP contribution in [-0.2, 0) is 19.1 Å². The van der Waals surface area contributed by atoms with Gasteiger partial charge in [-0.05, 0) is 78.7 Å². The summed E-state index contributed by atoms with van der Waals surface area (Å²) < 4.78 is 2.20. The van der Waals surface area contributed by atoms with Gasteiger partial charge in [0, 0.05) is 30.8 Å². The minimum Gasteiger partial charge on any atom is -0.351 e. The van der Waals surface area contributed by atoms with E-state index in [1.807, 2.05) is 4.80 Å². The first-order valence-corrected chi connectivity index (χ1v) is 10.2. The van der Waals surface area contributed by atoms with Gasteiger partial charge in [0.15, 0.2) is 6.33 Å². The summed E-state index contributed by atoms with van der Waals surface area (Å²) in [5, 5.41) is 18.1. The molecule has 4 bridgehead atoms. The smallest absolute Gasteiger partial charge is 0.162 e. The molecule has 2 heterocycles. The molecule has 2 unspecified atom stereocenters. The molecule has 0 amide bonds. The fourth-order valence-electron chi connectivity index (χ4n) is 6.75. The van der Waals surface area contributed by atoms with Crippen molar-refractivity contribution < 1.29 is 0 Å². The Balaban J connectivity index is 1.28. The van der Waals surface area contributed by atoms with Crippen LogP contribution in [0.25, 0.3) is 10.9 Å². The maximum Gasteiger partial charge on any atom is 0.162 e. The van der Waals surface area contributed by atoms with E-state index < -0.39 is 0 Å². The van der Waals surface area contributed by atoms with Gasteiger partial charge in [0.2, 0.25) is 0 Å². The van der Waals surface area contributed by atoms with Crippen molar-refractivity contribution in [1.82, 2.24) is 30.1 Å². The normalized spacial score (nSPS) is 34.6. The number of fused-ring (bicyclic) bond motifs is 1. The molecular formula is C21H26N6. The summed E-state index contributed by atoms with van der Waals surface area (Å²) in [5.74, 6) is 1.58. The third kappa shape index (κ3) is 2.39. The van der Waals surface area contributed by atoms with Gasteiger partial charge in [-0.25, -0.2) is 0 Å². The van der Waals surface area contributed by atoms with E-state index in [2.05, 4.69) is 62.8 Å². The average Bonchev–Trinajstić information content (AvgIpc) is 3.30. The van der Waals surface area contributed by atoms with Crippen molar-refractivity contribution in [3.63, 3.8) is 0 Å². The van der Waals surface area contributed by atoms with Gasteiger partial charge in [0.1, 0.15) is 0 Å². The summed E-state index contributed by atoms with van der Waals surface area (Å²) in [5.41, 5.74) is 2.98. The fraction of sp³-hybridized carbons (Fsp3) is 0.571. The number of aryl methyl sites for hydroxylation is 1. The first-order chi connectivity index (χ1) is 13.1. The summed E-state index contributed by atoms with van der Waals surface area (Å²) in [6, 6.07) is 9.02. The molecule has 0 aliphatic heterocycles. The number of benzene rings is 1. The Hall–Kier alpha value is -2.21. The Morgan fingerprint density at radius 3 is 2.78 bits per heavy atom. The molecule has 6 nitrogen and oxygen atoms in total. The maximum absolute atomic E-state index is 4.46. The SMILES string of the molecule is Cn1ccc2ccc(CNC34CC5CC(C3)CC(n3ncnn3)(C5)C4)cc21. The monoisotopic (exact) mass is 362 g/mol. The highest BCUT2D eigenvalue weighted by Crippen LogP contribution is 2.60. The van der Waals surface area contributed by atoms with E-state index in [0.29, 0.717) is 0 Å². The summed E-state index contributed by atoms with van der Waals surface area (Å²) in [6.07, 6.45) is 11.3. The van der Waals surface area contributed by atoms with Crippen LogP contribution in [0.4, 0.5) is 0 Å². The number of aromatic nitrogens is 5. The molecule has 0 saturated heterocycles. The second-order valence-corrected chi connectivity index (χ2v) is 9.36. The van der Waals surface area contributed by atoms with Crippen LogP contribution < -0.4 is 5.32 Å². The van der Waals surface area contributed by atoms with Crippen molar-refractivity contribution in [3.8, 4) is 0 Å². The number of nitrogens with zero attached hydrogens (tertiary/aromatic N) is 5. The lowest BCUT2D eigenvalue weighted by molar-refractivity contribution is -0.0853. The minimum absolute atomic E-state index is 0.0790. The predicted octanol–water partition coefficient (Wildman–Crippen LogP) is 3.00. The van der Waals surface area contributed by atoms with Crippen molar-refractivity contribution in [2.45, 2.75) is 56.1 Å². The largest absolute Gasteiger partial charge is 0.351 e. The van der Waals surface area contributed by atoms with Crippen LogP contribution >= 0.6 is 0 Å². The van der Waals surface area contributed by atoms with Gasteiger partial charge >= 0.3 is 0 Å². The molecule has 27 heavy (non-hydrogen) atoms. The van der Waals surface area contributed by atoms with Gasteiger partial charge in [-0.1, -0.05) is 12.1 Å². The van der Waals surface area contributed by atoms with E-state index in [1.54, 1.807) is 6.33 Å². The van der Waals surface area contributed by atoms with E-state index in [-0.39, 0.29) is 11.1 Å². The standard InChI is InChI=1S/C21H26N6/c1-26-5-4-18-3-2-15(7-19(18)26)12-22-20-8-16-6-17(9-20)11-21(10-16,13-20)27-24-14-23-25-27/h2-5,7,14,16-17,22H,6,8-13H2,1H3. The van der Waals surface area contributed by atoms with E-state index in [9.17, 15) is 0 Å². The van der Waals surface area contributed by atoms with Crippen molar-refractivity contribution in [3.05, 3.63) is 42.4 Å². The molecule has 3 aromatic rings. The zero-order valence-electron chi connectivity index (χ0n) is 15.8. The molecule has 4 aliphatic carbocycles. The molecule has 1 aromatic carbocycles. The van der Waals surface area contributed by atoms with Crippen molar-refractivity contribution >= 4 is 10.9 Å². The highest BCUT2D eigenvalue weighted by atomic mass is 15.6. The van der Waals surface area contributed by atoms with E-state index in [0.717, 1.165) is 24.8 Å². The second-order valence-electron chi connectivity index (χ2n) is 9.36. The highest BCUT2D eigenvalue weighted by Gasteiger charge is 2.59. The Morgan fingerprint density at radius 1 is 1.15 bits per heavy atom. The summed E-state index contributed by atoms with van der Waals surface area (Å²) >= 11 is 0. The van der Waals surface area contributed by atoms with Crippen LogP contribution in [0, 0.1) is 11.8 Å². The molecule has 0 radical (unpaired) electrons. The topological polar surface area (TPSA) is 60.6 Å². The van der Waals surface area contributed by atoms with E-state index in [1.165, 1.54) is 48.6 Å². The molecule has 6 heteroatoms. The molecule has 0 spiro atoms. The van der Waals surface area contributed by atoms with Crippen LogP contribution in [-0.4, -0.2) is 30.3 Å². The lowest BCUT2D eigenvalue weighted by Crippen LogP contribution is -2.65. The van der Waals surface area contributed by atoms with Crippen molar-refractivity contribution in [1.29, 1.82) is 0 Å². The molecule has 140 valence electrons. The molecular weight excluding hydrogens is 336 g/mol. The van der Waals surface area contributed by atoms with Gasteiger partial charge in [-0.2, -0.15) is 4.80 Å². The van der Waals surface area contributed by atoms with Crippen LogP contribution in [0.2, 0.25) is 0 Å². The Kier molecular flexibility index (Phi) is 3.17. The molecule has 7 rings (SSSR count). The summed E-state index contributed by atoms with van der Waals surface area (Å²) in [6.45, 7) is 0.932. The maximum atomic E-state index is 4.46. The number of hydrogen-bond acceptors (Lipinski definition) is 4. The highest BCUT2D eigenvalue weighted by molar-refractivity contribution is 5.80. The number of rotatable bonds is 4. The van der Waals surface area contributed by atoms with E-state index in [4.69, 9.17) is 0 Å². The second kappa shape index (κ2) is 5.41. The van der Waals surface area contributed by atoms with Gasteiger partial charge in [0.05, 0.1) is 5.54 Å². The van der Waals surface area contributed by atoms with E-state index >= 15 is 0 Å². The molecule has 2 atom stereocenters. The lowest BCUT2D eigenvalue weighted by atomic mass is 9.50. The minimum atomic E-state index is 0.0790. The van der Waals surface area contributed by atoms with Crippen molar-refractivity contribution in [2.24, 2.45) is 18.9 Å². The Morgan fingerprint density at radius 2 is 2.00 bits per heavy atom. The molecule has 4 saturated carbocycles. The first-order valence-electron chi connectivity index (χ1n) is 10.2.